The summed E-state index contributed by atoms with van der Waals surface area (Å²) in [5.41, 5.74) is 6.81. The maximum Gasteiger partial charge on any atom is 0.223 e. The lowest BCUT2D eigenvalue weighted by Gasteiger charge is -1.96. The first kappa shape index (κ1) is 10.6. The SMILES string of the molecule is CC(=O)Nc1nc(N)c(-c2ccccc2)s1. The molecular weight excluding hydrogens is 222 g/mol. The van der Waals surface area contributed by atoms with Gasteiger partial charge < -0.3 is 11.1 Å². The van der Waals surface area contributed by atoms with Gasteiger partial charge in [-0.05, 0) is 5.56 Å². The second-order valence-corrected chi connectivity index (χ2v) is 4.28. The highest BCUT2D eigenvalue weighted by molar-refractivity contribution is 7.19. The van der Waals surface area contributed by atoms with E-state index in [9.17, 15) is 4.79 Å². The monoisotopic (exact) mass is 233 g/mol. The van der Waals surface area contributed by atoms with Crippen LogP contribution in [0.2, 0.25) is 0 Å². The number of anilines is 2. The molecule has 1 aromatic carbocycles. The van der Waals surface area contributed by atoms with Gasteiger partial charge >= 0.3 is 0 Å². The van der Waals surface area contributed by atoms with Crippen molar-refractivity contribution in [2.75, 3.05) is 11.1 Å². The van der Waals surface area contributed by atoms with E-state index in [0.29, 0.717) is 10.9 Å². The molecule has 2 rings (SSSR count). The van der Waals surface area contributed by atoms with Gasteiger partial charge in [-0.15, -0.1) is 0 Å². The minimum atomic E-state index is -0.145. The Kier molecular flexibility index (Phi) is 2.87. The Morgan fingerprint density at radius 2 is 2.06 bits per heavy atom. The van der Waals surface area contributed by atoms with Gasteiger partial charge in [0.2, 0.25) is 5.91 Å². The zero-order chi connectivity index (χ0) is 11.5. The van der Waals surface area contributed by atoms with Crippen molar-refractivity contribution in [3.05, 3.63) is 30.3 Å². The molecule has 0 aliphatic rings. The first-order valence-corrected chi connectivity index (χ1v) is 5.58. The number of carbonyl (C=O) groups excluding carboxylic acids is 1. The van der Waals surface area contributed by atoms with Crippen molar-refractivity contribution in [1.29, 1.82) is 0 Å². The molecule has 0 fully saturated rings. The lowest BCUT2D eigenvalue weighted by molar-refractivity contribution is -0.114. The summed E-state index contributed by atoms with van der Waals surface area (Å²) < 4.78 is 0. The van der Waals surface area contributed by atoms with Crippen LogP contribution in [-0.2, 0) is 4.79 Å². The van der Waals surface area contributed by atoms with Gasteiger partial charge in [-0.3, -0.25) is 4.79 Å². The van der Waals surface area contributed by atoms with E-state index in [1.54, 1.807) is 0 Å². The van der Waals surface area contributed by atoms with Crippen LogP contribution in [0.15, 0.2) is 30.3 Å². The highest BCUT2D eigenvalue weighted by Gasteiger charge is 2.10. The van der Waals surface area contributed by atoms with E-state index in [1.165, 1.54) is 18.3 Å². The Balaban J connectivity index is 2.36. The minimum Gasteiger partial charge on any atom is -0.382 e. The number of nitrogens with two attached hydrogens (primary N) is 1. The third kappa shape index (κ3) is 2.20. The molecule has 0 radical (unpaired) electrons. The van der Waals surface area contributed by atoms with Crippen molar-refractivity contribution in [1.82, 2.24) is 4.98 Å². The molecule has 0 unspecified atom stereocenters. The molecule has 2 aromatic rings. The molecule has 0 aliphatic heterocycles. The van der Waals surface area contributed by atoms with Crippen LogP contribution in [0, 0.1) is 0 Å². The number of nitrogens with zero attached hydrogens (tertiary/aromatic N) is 1. The summed E-state index contributed by atoms with van der Waals surface area (Å²) in [7, 11) is 0. The molecule has 5 heteroatoms. The van der Waals surface area contributed by atoms with Crippen molar-refractivity contribution in [3.63, 3.8) is 0 Å². The van der Waals surface area contributed by atoms with E-state index in [1.807, 2.05) is 30.3 Å². The van der Waals surface area contributed by atoms with Gasteiger partial charge in [-0.1, -0.05) is 41.7 Å². The average molecular weight is 233 g/mol. The van der Waals surface area contributed by atoms with E-state index < -0.39 is 0 Å². The zero-order valence-corrected chi connectivity index (χ0v) is 9.54. The first-order valence-electron chi connectivity index (χ1n) is 4.76. The average Bonchev–Trinajstić information content (AvgIpc) is 2.60. The van der Waals surface area contributed by atoms with Crippen LogP contribution in [0.4, 0.5) is 10.9 Å². The van der Waals surface area contributed by atoms with Gasteiger partial charge in [0.15, 0.2) is 5.13 Å². The molecule has 0 atom stereocenters. The number of rotatable bonds is 2. The number of thiazole rings is 1. The lowest BCUT2D eigenvalue weighted by Crippen LogP contribution is -2.05. The van der Waals surface area contributed by atoms with Crippen LogP contribution in [-0.4, -0.2) is 10.9 Å². The van der Waals surface area contributed by atoms with E-state index in [0.717, 1.165) is 10.4 Å². The summed E-state index contributed by atoms with van der Waals surface area (Å²) in [4.78, 5) is 15.9. The molecule has 0 aliphatic carbocycles. The van der Waals surface area contributed by atoms with Gasteiger partial charge in [0.1, 0.15) is 5.82 Å². The van der Waals surface area contributed by atoms with E-state index >= 15 is 0 Å². The molecule has 0 bridgehead atoms. The standard InChI is InChI=1S/C11H11N3OS/c1-7(15)13-11-14-10(12)9(16-11)8-5-3-2-4-6-8/h2-6H,12H2,1H3,(H,13,14,15). The molecular formula is C11H11N3OS. The highest BCUT2D eigenvalue weighted by Crippen LogP contribution is 2.34. The molecule has 0 saturated heterocycles. The van der Waals surface area contributed by atoms with Crippen LogP contribution in [0.25, 0.3) is 10.4 Å². The number of benzene rings is 1. The highest BCUT2D eigenvalue weighted by atomic mass is 32.1. The molecule has 4 nitrogen and oxygen atoms in total. The predicted octanol–water partition coefficient (Wildman–Crippen LogP) is 2.35. The Bertz CT molecular complexity index is 507. The molecule has 82 valence electrons. The van der Waals surface area contributed by atoms with Crippen LogP contribution < -0.4 is 11.1 Å². The van der Waals surface area contributed by atoms with E-state index in [2.05, 4.69) is 10.3 Å². The first-order chi connectivity index (χ1) is 7.66. The molecule has 0 spiro atoms. The third-order valence-corrected chi connectivity index (χ3v) is 3.01. The number of aromatic nitrogens is 1. The Hall–Kier alpha value is -1.88. The fraction of sp³-hybridized carbons (Fsp3) is 0.0909. The van der Waals surface area contributed by atoms with Gasteiger partial charge in [-0.25, -0.2) is 4.98 Å². The van der Waals surface area contributed by atoms with Gasteiger partial charge in [-0.2, -0.15) is 0 Å². The quantitative estimate of drug-likeness (QED) is 0.836. The van der Waals surface area contributed by atoms with Crippen molar-refractivity contribution in [2.24, 2.45) is 0 Å². The second kappa shape index (κ2) is 4.32. The molecule has 1 aromatic heterocycles. The largest absolute Gasteiger partial charge is 0.382 e. The summed E-state index contributed by atoms with van der Waals surface area (Å²) in [5.74, 6) is 0.299. The summed E-state index contributed by atoms with van der Waals surface area (Å²) in [6, 6.07) is 9.73. The number of amides is 1. The minimum absolute atomic E-state index is 0.145. The summed E-state index contributed by atoms with van der Waals surface area (Å²) in [6.07, 6.45) is 0. The fourth-order valence-electron chi connectivity index (χ4n) is 1.33. The maximum absolute atomic E-state index is 10.9. The summed E-state index contributed by atoms with van der Waals surface area (Å²) >= 11 is 1.37. The van der Waals surface area contributed by atoms with Gasteiger partial charge in [0.25, 0.3) is 0 Å². The number of carbonyl (C=O) groups is 1. The van der Waals surface area contributed by atoms with Crippen LogP contribution in [0.5, 0.6) is 0 Å². The van der Waals surface area contributed by atoms with Crippen LogP contribution >= 0.6 is 11.3 Å². The third-order valence-electron chi connectivity index (χ3n) is 1.97. The van der Waals surface area contributed by atoms with Crippen LogP contribution in [0.3, 0.4) is 0 Å². The van der Waals surface area contributed by atoms with Gasteiger partial charge in [0.05, 0.1) is 4.88 Å². The maximum atomic E-state index is 10.9. The molecule has 1 amide bonds. The molecule has 3 N–H and O–H groups in total. The molecule has 1 heterocycles. The number of hydrogen-bond acceptors (Lipinski definition) is 4. The van der Waals surface area contributed by atoms with E-state index in [4.69, 9.17) is 5.73 Å². The summed E-state index contributed by atoms with van der Waals surface area (Å²) in [5, 5.41) is 3.16. The number of nitrogens with one attached hydrogen (secondary N) is 1. The second-order valence-electron chi connectivity index (χ2n) is 3.28. The normalized spacial score (nSPS) is 10.1. The fourth-order valence-corrected chi connectivity index (χ4v) is 2.27. The van der Waals surface area contributed by atoms with E-state index in [-0.39, 0.29) is 5.91 Å². The van der Waals surface area contributed by atoms with Crippen molar-refractivity contribution in [3.8, 4) is 10.4 Å². The summed E-state index contributed by atoms with van der Waals surface area (Å²) in [6.45, 7) is 1.44. The van der Waals surface area contributed by atoms with Crippen molar-refractivity contribution in [2.45, 2.75) is 6.92 Å². The molecule has 0 saturated carbocycles. The Morgan fingerprint density at radius 1 is 1.38 bits per heavy atom. The molecule has 16 heavy (non-hydrogen) atoms. The topological polar surface area (TPSA) is 68.0 Å². The Labute approximate surface area is 97.1 Å². The number of hydrogen-bond donors (Lipinski definition) is 2. The Morgan fingerprint density at radius 3 is 2.69 bits per heavy atom. The number of nitrogen functional groups attached to an aromatic ring is 1. The van der Waals surface area contributed by atoms with Crippen LogP contribution in [0.1, 0.15) is 6.92 Å². The zero-order valence-electron chi connectivity index (χ0n) is 8.73. The van der Waals surface area contributed by atoms with Crippen molar-refractivity contribution < 1.29 is 4.79 Å². The van der Waals surface area contributed by atoms with Crippen molar-refractivity contribution >= 4 is 28.2 Å². The lowest BCUT2D eigenvalue weighted by atomic mass is 10.2. The smallest absolute Gasteiger partial charge is 0.223 e. The van der Waals surface area contributed by atoms with Gasteiger partial charge in [0, 0.05) is 6.92 Å². The predicted molar refractivity (Wildman–Crippen MR) is 66.3 cm³/mol.